The Morgan fingerprint density at radius 2 is 0.939 bits per heavy atom. The predicted molar refractivity (Wildman–Crippen MR) is 188 cm³/mol. The fraction of sp³-hybridized carbons (Fsp3) is 0.667. The Hall–Kier alpha value is -3.69. The molecule has 0 spiro atoms. The van der Waals surface area contributed by atoms with Gasteiger partial charge in [-0.1, -0.05) is 58.2 Å². The highest BCUT2D eigenvalue weighted by Gasteiger charge is 2.50. The summed E-state index contributed by atoms with van der Waals surface area (Å²) in [5.74, 6) is -3.01. The Morgan fingerprint density at radius 1 is 0.531 bits per heavy atom. The summed E-state index contributed by atoms with van der Waals surface area (Å²) in [4.78, 5) is 65.5. The van der Waals surface area contributed by atoms with E-state index in [-0.39, 0.29) is 81.2 Å². The lowest BCUT2D eigenvalue weighted by Gasteiger charge is -2.34. The Labute approximate surface area is 293 Å². The van der Waals surface area contributed by atoms with Crippen LogP contribution in [0.1, 0.15) is 112 Å². The van der Waals surface area contributed by atoms with Gasteiger partial charge in [-0.25, -0.2) is 9.59 Å². The van der Waals surface area contributed by atoms with E-state index in [0.29, 0.717) is 31.3 Å². The van der Waals surface area contributed by atoms with Crippen LogP contribution in [0.3, 0.4) is 0 Å². The highest BCUT2D eigenvalue weighted by Crippen LogP contribution is 2.40. The van der Waals surface area contributed by atoms with E-state index in [1.807, 2.05) is 20.8 Å². The monoisotopic (exact) mass is 688 g/mol. The molecule has 2 unspecified atom stereocenters. The summed E-state index contributed by atoms with van der Waals surface area (Å²) in [7, 11) is 0. The fourth-order valence-electron chi connectivity index (χ4n) is 6.09. The molecule has 0 N–H and O–H groups in total. The van der Waals surface area contributed by atoms with E-state index in [0.717, 1.165) is 31.3 Å². The van der Waals surface area contributed by atoms with Gasteiger partial charge < -0.3 is 23.7 Å². The van der Waals surface area contributed by atoms with E-state index in [4.69, 9.17) is 23.7 Å². The summed E-state index contributed by atoms with van der Waals surface area (Å²) in [5, 5.41) is 0. The van der Waals surface area contributed by atoms with E-state index < -0.39 is 34.7 Å². The topological polar surface area (TPSA) is 132 Å². The summed E-state index contributed by atoms with van der Waals surface area (Å²) in [6.45, 7) is 27.2. The highest BCUT2D eigenvalue weighted by molar-refractivity contribution is 6.02. The zero-order valence-corrected chi connectivity index (χ0v) is 30.9. The van der Waals surface area contributed by atoms with Gasteiger partial charge in [-0.15, -0.1) is 0 Å². The van der Waals surface area contributed by atoms with Crippen LogP contribution in [-0.4, -0.2) is 62.9 Å². The molecule has 0 bridgehead atoms. The molecule has 2 atom stereocenters. The van der Waals surface area contributed by atoms with Crippen LogP contribution in [0.4, 0.5) is 0 Å². The van der Waals surface area contributed by atoms with Crippen molar-refractivity contribution in [3.63, 3.8) is 0 Å². The molecule has 0 aromatic carbocycles. The molecule has 49 heavy (non-hydrogen) atoms. The molecule has 0 aromatic heterocycles. The highest BCUT2D eigenvalue weighted by atomic mass is 16.6. The summed E-state index contributed by atoms with van der Waals surface area (Å²) in [6.07, 6.45) is 4.79. The van der Waals surface area contributed by atoms with E-state index in [1.165, 1.54) is 0 Å². The second kappa shape index (κ2) is 21.4. The van der Waals surface area contributed by atoms with Gasteiger partial charge in [-0.2, -0.15) is 0 Å². The molecule has 0 aromatic rings. The lowest BCUT2D eigenvalue weighted by Crippen LogP contribution is -2.44. The van der Waals surface area contributed by atoms with Gasteiger partial charge in [0.15, 0.2) is 5.41 Å². The number of carbonyl (C=O) groups excluding carboxylic acids is 5. The maximum atomic E-state index is 13.8. The van der Waals surface area contributed by atoms with Crippen LogP contribution in [0.5, 0.6) is 0 Å². The molecule has 1 aliphatic carbocycles. The van der Waals surface area contributed by atoms with Crippen molar-refractivity contribution in [1.29, 1.82) is 0 Å². The van der Waals surface area contributed by atoms with Crippen LogP contribution in [0.25, 0.3) is 0 Å². The van der Waals surface area contributed by atoms with Crippen molar-refractivity contribution in [2.75, 3.05) is 33.0 Å². The zero-order chi connectivity index (χ0) is 37.2. The van der Waals surface area contributed by atoms with Gasteiger partial charge in [0.2, 0.25) is 0 Å². The minimum atomic E-state index is -1.81. The van der Waals surface area contributed by atoms with E-state index in [2.05, 4.69) is 26.3 Å². The van der Waals surface area contributed by atoms with Crippen molar-refractivity contribution in [3.8, 4) is 0 Å². The molecule has 0 aliphatic heterocycles. The number of ether oxygens (including phenoxy) is 5. The number of allylic oxidation sites excluding steroid dienone is 2. The number of hydrogen-bond donors (Lipinski definition) is 0. The Balaban J connectivity index is 2.97. The van der Waals surface area contributed by atoms with Gasteiger partial charge in [0.1, 0.15) is 0 Å². The van der Waals surface area contributed by atoms with Gasteiger partial charge in [-0.05, 0) is 96.8 Å². The second-order valence-electron chi connectivity index (χ2n) is 13.1. The third kappa shape index (κ3) is 12.9. The van der Waals surface area contributed by atoms with Gasteiger partial charge >= 0.3 is 29.8 Å². The molecule has 276 valence electrons. The van der Waals surface area contributed by atoms with Crippen molar-refractivity contribution in [1.82, 2.24) is 0 Å². The third-order valence-corrected chi connectivity index (χ3v) is 9.37. The first kappa shape index (κ1) is 43.3. The van der Waals surface area contributed by atoms with Crippen LogP contribution in [-0.2, 0) is 47.7 Å². The van der Waals surface area contributed by atoms with Crippen LogP contribution in [0.15, 0.2) is 48.6 Å². The number of hydrogen-bond acceptors (Lipinski definition) is 10. The molecular weight excluding hydrogens is 628 g/mol. The number of esters is 5. The average Bonchev–Trinajstić information content (AvgIpc) is 3.09. The Bertz CT molecular complexity index is 1210. The normalized spacial score (nSPS) is 18.1. The van der Waals surface area contributed by atoms with Gasteiger partial charge in [0.05, 0.1) is 38.4 Å². The van der Waals surface area contributed by atoms with E-state index in [9.17, 15) is 24.0 Å². The lowest BCUT2D eigenvalue weighted by molar-refractivity contribution is -0.174. The summed E-state index contributed by atoms with van der Waals surface area (Å²) in [5.41, 5.74) is -1.05. The summed E-state index contributed by atoms with van der Waals surface area (Å²) < 4.78 is 27.2. The molecule has 10 nitrogen and oxygen atoms in total. The first-order valence-electron chi connectivity index (χ1n) is 17.7. The molecule has 0 amide bonds. The number of carbonyl (C=O) groups is 5. The van der Waals surface area contributed by atoms with Crippen LogP contribution < -0.4 is 0 Å². The molecule has 1 rings (SSSR count). The first-order valence-corrected chi connectivity index (χ1v) is 17.7. The smallest absolute Gasteiger partial charge is 0.333 e. The quantitative estimate of drug-likeness (QED) is 0.0348. The standard InChI is InChI=1S/C39H60O10/c1-11-27(7)21-38(13-3,23-29(9)33(40)45-14-4)35(42)48-25-31-17-19-32(20-18-31)26-49-37(44)39(22-28(8)12-2,36(43)47-16-6)24-30(10)34(41)46-15-5/h31-32H,7-26H2,1-6H3. The number of rotatable bonds is 23. The van der Waals surface area contributed by atoms with Crippen LogP contribution in [0, 0.1) is 22.7 Å². The predicted octanol–water partition coefficient (Wildman–Crippen LogP) is 7.56. The maximum absolute atomic E-state index is 13.8. The first-order chi connectivity index (χ1) is 23.2. The van der Waals surface area contributed by atoms with E-state index in [1.54, 1.807) is 20.8 Å². The minimum Gasteiger partial charge on any atom is -0.465 e. The molecule has 1 aliphatic rings. The van der Waals surface area contributed by atoms with Gasteiger partial charge in [0, 0.05) is 17.6 Å². The van der Waals surface area contributed by atoms with Crippen molar-refractivity contribution < 1.29 is 47.7 Å². The zero-order valence-electron chi connectivity index (χ0n) is 30.9. The summed E-state index contributed by atoms with van der Waals surface area (Å²) in [6, 6.07) is 0. The maximum Gasteiger partial charge on any atom is 0.333 e. The Morgan fingerprint density at radius 3 is 1.37 bits per heavy atom. The largest absolute Gasteiger partial charge is 0.465 e. The molecule has 10 heteroatoms. The second-order valence-corrected chi connectivity index (χ2v) is 13.1. The molecule has 1 saturated carbocycles. The molecule has 1 fully saturated rings. The fourth-order valence-corrected chi connectivity index (χ4v) is 6.09. The molecular formula is C39H60O10. The molecule has 0 saturated heterocycles. The lowest BCUT2D eigenvalue weighted by atomic mass is 9.74. The van der Waals surface area contributed by atoms with E-state index >= 15 is 0 Å². The minimum absolute atomic E-state index is 0.0258. The third-order valence-electron chi connectivity index (χ3n) is 9.37. The van der Waals surface area contributed by atoms with Crippen molar-refractivity contribution in [2.45, 2.75) is 112 Å². The SMILES string of the molecule is C=C(CC)CC(CC)(CC(=C)C(=O)OCC)C(=O)OCC1CCC(COC(=O)C(CC(=C)CC)(CC(=C)C(=O)OCC)C(=O)OCC)CC1. The molecule has 0 heterocycles. The average molecular weight is 689 g/mol. The Kier molecular flexibility index (Phi) is 18.9. The van der Waals surface area contributed by atoms with Gasteiger partial charge in [-0.3, -0.25) is 14.4 Å². The van der Waals surface area contributed by atoms with Crippen molar-refractivity contribution in [2.24, 2.45) is 22.7 Å². The van der Waals surface area contributed by atoms with Crippen LogP contribution >= 0.6 is 0 Å². The summed E-state index contributed by atoms with van der Waals surface area (Å²) >= 11 is 0. The van der Waals surface area contributed by atoms with Crippen LogP contribution in [0.2, 0.25) is 0 Å². The van der Waals surface area contributed by atoms with Crippen molar-refractivity contribution in [3.05, 3.63) is 48.6 Å². The molecule has 0 radical (unpaired) electrons. The van der Waals surface area contributed by atoms with Crippen molar-refractivity contribution >= 4 is 29.8 Å². The van der Waals surface area contributed by atoms with Gasteiger partial charge in [0.25, 0.3) is 0 Å².